The van der Waals surface area contributed by atoms with E-state index in [9.17, 15) is 9.90 Å². The largest absolute Gasteiger partial charge is 0.493 e. The van der Waals surface area contributed by atoms with Crippen molar-refractivity contribution in [2.24, 2.45) is 0 Å². The summed E-state index contributed by atoms with van der Waals surface area (Å²) in [7, 11) is 1.29. The molecule has 0 saturated carbocycles. The fourth-order valence-corrected chi connectivity index (χ4v) is 1.78. The minimum absolute atomic E-state index is 0.131. The number of aliphatic hydroxyl groups excluding tert-OH is 1. The molecule has 1 aromatic carbocycles. The lowest BCUT2D eigenvalue weighted by atomic mass is 10.0. The van der Waals surface area contributed by atoms with E-state index in [2.05, 4.69) is 10.1 Å². The molecule has 0 radical (unpaired) electrons. The molecule has 0 bridgehead atoms. The number of ether oxygens (including phenoxy) is 2. The molecule has 2 N–H and O–H groups in total. The number of hydrogen-bond acceptors (Lipinski definition) is 4. The summed E-state index contributed by atoms with van der Waals surface area (Å²) in [5.41, 5.74) is 1.87. The number of alkyl carbamates (subject to hydrolysis) is 1. The zero-order chi connectivity index (χ0) is 12.3. The van der Waals surface area contributed by atoms with E-state index < -0.39 is 12.2 Å². The first kappa shape index (κ1) is 11.7. The van der Waals surface area contributed by atoms with Crippen molar-refractivity contribution in [1.29, 1.82) is 0 Å². The van der Waals surface area contributed by atoms with Crippen molar-refractivity contribution in [3.63, 3.8) is 0 Å². The highest BCUT2D eigenvalue weighted by molar-refractivity contribution is 5.66. The Labute approximate surface area is 99.3 Å². The van der Waals surface area contributed by atoms with E-state index in [1.165, 1.54) is 7.11 Å². The third kappa shape index (κ3) is 2.68. The third-order valence-electron chi connectivity index (χ3n) is 2.72. The highest BCUT2D eigenvalue weighted by Gasteiger charge is 2.15. The molecule has 1 aliphatic rings. The van der Waals surface area contributed by atoms with Crippen LogP contribution in [0, 0.1) is 0 Å². The fourth-order valence-electron chi connectivity index (χ4n) is 1.78. The maximum Gasteiger partial charge on any atom is 0.406 e. The second-order valence-corrected chi connectivity index (χ2v) is 3.85. The minimum Gasteiger partial charge on any atom is -0.493 e. The average Bonchev–Trinajstić information content (AvgIpc) is 2.82. The second kappa shape index (κ2) is 5.05. The van der Waals surface area contributed by atoms with Gasteiger partial charge in [0.1, 0.15) is 5.75 Å². The van der Waals surface area contributed by atoms with Gasteiger partial charge in [0, 0.05) is 6.42 Å². The molecule has 5 nitrogen and oxygen atoms in total. The van der Waals surface area contributed by atoms with E-state index in [4.69, 9.17) is 4.74 Å². The molecule has 1 unspecified atom stereocenters. The number of hydrogen-bond donors (Lipinski definition) is 2. The first-order valence-corrected chi connectivity index (χ1v) is 5.46. The maximum absolute atomic E-state index is 10.9. The van der Waals surface area contributed by atoms with Gasteiger partial charge in [-0.1, -0.05) is 6.07 Å². The van der Waals surface area contributed by atoms with Crippen LogP contribution in [0.15, 0.2) is 18.2 Å². The quantitative estimate of drug-likeness (QED) is 0.823. The van der Waals surface area contributed by atoms with Crippen molar-refractivity contribution < 1.29 is 19.4 Å². The molecule has 1 atom stereocenters. The molecule has 5 heteroatoms. The van der Waals surface area contributed by atoms with Crippen LogP contribution in [0.5, 0.6) is 5.75 Å². The van der Waals surface area contributed by atoms with Crippen LogP contribution in [0.1, 0.15) is 17.2 Å². The Balaban J connectivity index is 1.99. The molecule has 1 aliphatic heterocycles. The number of fused-ring (bicyclic) bond motifs is 1. The second-order valence-electron chi connectivity index (χ2n) is 3.85. The Morgan fingerprint density at radius 1 is 1.65 bits per heavy atom. The van der Waals surface area contributed by atoms with Crippen LogP contribution >= 0.6 is 0 Å². The monoisotopic (exact) mass is 237 g/mol. The van der Waals surface area contributed by atoms with Crippen LogP contribution in [-0.4, -0.2) is 31.5 Å². The van der Waals surface area contributed by atoms with Crippen molar-refractivity contribution in [3.05, 3.63) is 29.3 Å². The van der Waals surface area contributed by atoms with Gasteiger partial charge in [0.05, 0.1) is 26.4 Å². The summed E-state index contributed by atoms with van der Waals surface area (Å²) in [6.45, 7) is 0.821. The van der Waals surface area contributed by atoms with Crippen LogP contribution in [-0.2, 0) is 11.2 Å². The molecule has 2 rings (SSSR count). The van der Waals surface area contributed by atoms with Crippen LogP contribution in [0.4, 0.5) is 4.79 Å². The molecule has 0 spiro atoms. The highest BCUT2D eigenvalue weighted by Crippen LogP contribution is 2.27. The van der Waals surface area contributed by atoms with Gasteiger partial charge < -0.3 is 19.9 Å². The van der Waals surface area contributed by atoms with Crippen LogP contribution in [0.2, 0.25) is 0 Å². The Morgan fingerprint density at radius 2 is 2.47 bits per heavy atom. The van der Waals surface area contributed by atoms with Gasteiger partial charge in [-0.2, -0.15) is 0 Å². The smallest absolute Gasteiger partial charge is 0.406 e. The molecule has 1 aromatic rings. The summed E-state index contributed by atoms with van der Waals surface area (Å²) >= 11 is 0. The van der Waals surface area contributed by atoms with Crippen LogP contribution in [0.3, 0.4) is 0 Å². The summed E-state index contributed by atoms with van der Waals surface area (Å²) < 4.78 is 9.81. The van der Waals surface area contributed by atoms with E-state index in [0.717, 1.165) is 23.3 Å². The van der Waals surface area contributed by atoms with E-state index in [0.29, 0.717) is 6.61 Å². The Bertz CT molecular complexity index is 419. The van der Waals surface area contributed by atoms with Gasteiger partial charge in [0.2, 0.25) is 0 Å². The van der Waals surface area contributed by atoms with Crippen molar-refractivity contribution in [2.45, 2.75) is 12.5 Å². The van der Waals surface area contributed by atoms with Crippen molar-refractivity contribution in [3.8, 4) is 5.75 Å². The number of nitrogens with one attached hydrogen (secondary N) is 1. The van der Waals surface area contributed by atoms with Crippen molar-refractivity contribution in [1.82, 2.24) is 5.32 Å². The van der Waals surface area contributed by atoms with Gasteiger partial charge in [0.15, 0.2) is 0 Å². The van der Waals surface area contributed by atoms with Crippen LogP contribution in [0.25, 0.3) is 0 Å². The van der Waals surface area contributed by atoms with Gasteiger partial charge in [0.25, 0.3) is 0 Å². The summed E-state index contributed by atoms with van der Waals surface area (Å²) in [6.07, 6.45) is -0.422. The number of amides is 1. The zero-order valence-electron chi connectivity index (χ0n) is 9.60. The van der Waals surface area contributed by atoms with Gasteiger partial charge in [-0.3, -0.25) is 0 Å². The summed E-state index contributed by atoms with van der Waals surface area (Å²) in [5.74, 6) is 0.877. The number of benzene rings is 1. The first-order chi connectivity index (χ1) is 8.20. The topological polar surface area (TPSA) is 67.8 Å². The molecule has 17 heavy (non-hydrogen) atoms. The van der Waals surface area contributed by atoms with E-state index >= 15 is 0 Å². The Kier molecular flexibility index (Phi) is 3.49. The predicted molar refractivity (Wildman–Crippen MR) is 61.0 cm³/mol. The molecular formula is C12H15NO4. The Morgan fingerprint density at radius 3 is 3.24 bits per heavy atom. The van der Waals surface area contributed by atoms with Gasteiger partial charge in [-0.05, 0) is 23.3 Å². The normalized spacial score (nSPS) is 14.7. The van der Waals surface area contributed by atoms with Gasteiger partial charge in [-0.25, -0.2) is 4.79 Å². The number of rotatable bonds is 3. The summed E-state index contributed by atoms with van der Waals surface area (Å²) in [5, 5.41) is 12.3. The number of methoxy groups -OCH3 is 1. The minimum atomic E-state index is -0.736. The fraction of sp³-hybridized carbons (Fsp3) is 0.417. The molecule has 92 valence electrons. The lowest BCUT2D eigenvalue weighted by Crippen LogP contribution is -2.28. The van der Waals surface area contributed by atoms with Crippen molar-refractivity contribution >= 4 is 6.09 Å². The lowest BCUT2D eigenvalue weighted by molar-refractivity contribution is 0.147. The van der Waals surface area contributed by atoms with E-state index in [1.807, 2.05) is 12.1 Å². The number of carbonyl (C=O) groups is 1. The predicted octanol–water partition coefficient (Wildman–Crippen LogP) is 1.01. The molecule has 0 aliphatic carbocycles. The molecule has 0 saturated heterocycles. The number of carbonyl (C=O) groups excluding carboxylic acids is 1. The molecular weight excluding hydrogens is 222 g/mol. The van der Waals surface area contributed by atoms with Gasteiger partial charge in [-0.15, -0.1) is 0 Å². The molecule has 1 amide bonds. The van der Waals surface area contributed by atoms with Gasteiger partial charge >= 0.3 is 6.09 Å². The maximum atomic E-state index is 10.9. The number of aliphatic hydroxyl groups is 1. The first-order valence-electron chi connectivity index (χ1n) is 5.46. The lowest BCUT2D eigenvalue weighted by Gasteiger charge is -2.12. The molecule has 0 aromatic heterocycles. The molecule has 1 heterocycles. The van der Waals surface area contributed by atoms with Crippen LogP contribution < -0.4 is 10.1 Å². The standard InChI is InChI=1S/C12H15NO4/c1-16-12(15)13-7-10(14)8-2-3-11-9(6-8)4-5-17-11/h2-3,6,10,14H,4-5,7H2,1H3,(H,13,15). The Hall–Kier alpha value is -1.75. The third-order valence-corrected chi connectivity index (χ3v) is 2.72. The van der Waals surface area contributed by atoms with E-state index in [1.54, 1.807) is 6.07 Å². The van der Waals surface area contributed by atoms with Crippen molar-refractivity contribution in [2.75, 3.05) is 20.3 Å². The SMILES string of the molecule is COC(=O)NCC(O)c1ccc2c(c1)CCO2. The highest BCUT2D eigenvalue weighted by atomic mass is 16.5. The zero-order valence-corrected chi connectivity index (χ0v) is 9.60. The van der Waals surface area contributed by atoms with E-state index in [-0.39, 0.29) is 6.54 Å². The summed E-state index contributed by atoms with van der Waals surface area (Å²) in [4.78, 5) is 10.9. The average molecular weight is 237 g/mol. The summed E-state index contributed by atoms with van der Waals surface area (Å²) in [6, 6.07) is 5.55. The molecule has 0 fully saturated rings.